The molecule has 0 fully saturated rings. The average molecular weight is 469 g/mol. The van der Waals surface area contributed by atoms with Crippen LogP contribution in [0.25, 0.3) is 0 Å². The number of aryl methyl sites for hydroxylation is 1. The maximum Gasteiger partial charge on any atom is 0.305 e. The highest BCUT2D eigenvalue weighted by molar-refractivity contribution is 6.05. The first-order chi connectivity index (χ1) is 17.0. The number of amides is 3. The molecule has 8 heteroatoms. The molecule has 0 aliphatic rings. The zero-order valence-electron chi connectivity index (χ0n) is 18.9. The Hall–Kier alpha value is -4.85. The molecule has 0 saturated heterocycles. The van der Waals surface area contributed by atoms with Gasteiger partial charge in [0, 0.05) is 16.8 Å². The van der Waals surface area contributed by atoms with E-state index in [9.17, 15) is 14.4 Å². The number of furan rings is 1. The normalized spacial score (nSPS) is 10.3. The van der Waals surface area contributed by atoms with Crippen molar-refractivity contribution in [1.82, 2.24) is 10.9 Å². The molecule has 0 spiro atoms. The van der Waals surface area contributed by atoms with Crippen LogP contribution in [0.15, 0.2) is 95.4 Å². The summed E-state index contributed by atoms with van der Waals surface area (Å²) >= 11 is 0. The van der Waals surface area contributed by atoms with Gasteiger partial charge in [0.05, 0.1) is 0 Å². The Labute approximate surface area is 201 Å². The number of carbonyl (C=O) groups is 3. The first-order valence-corrected chi connectivity index (χ1v) is 10.8. The fourth-order valence-electron chi connectivity index (χ4n) is 3.18. The van der Waals surface area contributed by atoms with Gasteiger partial charge in [-0.15, -0.1) is 0 Å². The van der Waals surface area contributed by atoms with Crippen molar-refractivity contribution < 1.29 is 23.5 Å². The lowest BCUT2D eigenvalue weighted by Gasteiger charge is -2.11. The van der Waals surface area contributed by atoms with Crippen LogP contribution in [0.4, 0.5) is 5.69 Å². The summed E-state index contributed by atoms with van der Waals surface area (Å²) in [7, 11) is 0. The minimum atomic E-state index is -0.617. The van der Waals surface area contributed by atoms with Crippen LogP contribution in [0.1, 0.15) is 42.6 Å². The highest BCUT2D eigenvalue weighted by Crippen LogP contribution is 2.18. The first-order valence-electron chi connectivity index (χ1n) is 10.8. The number of anilines is 1. The fraction of sp³-hybridized carbons (Fsp3) is 0.0741. The zero-order valence-corrected chi connectivity index (χ0v) is 18.9. The van der Waals surface area contributed by atoms with Gasteiger partial charge in [-0.25, -0.2) is 0 Å². The van der Waals surface area contributed by atoms with Gasteiger partial charge >= 0.3 is 5.91 Å². The van der Waals surface area contributed by atoms with Crippen LogP contribution in [0.3, 0.4) is 0 Å². The van der Waals surface area contributed by atoms with E-state index in [0.717, 1.165) is 5.56 Å². The Bertz CT molecular complexity index is 1330. The molecule has 176 valence electrons. The highest BCUT2D eigenvalue weighted by atomic mass is 16.5. The first kappa shape index (κ1) is 23.3. The van der Waals surface area contributed by atoms with E-state index in [0.29, 0.717) is 22.8 Å². The number of para-hydroxylation sites is 1. The van der Waals surface area contributed by atoms with Crippen molar-refractivity contribution in [1.29, 1.82) is 0 Å². The van der Waals surface area contributed by atoms with Gasteiger partial charge < -0.3 is 14.5 Å². The van der Waals surface area contributed by atoms with Gasteiger partial charge in [-0.1, -0.05) is 42.5 Å². The minimum Gasteiger partial charge on any atom is -0.486 e. The largest absolute Gasteiger partial charge is 0.486 e. The van der Waals surface area contributed by atoms with E-state index in [1.54, 1.807) is 48.5 Å². The maximum absolute atomic E-state index is 12.6. The van der Waals surface area contributed by atoms with Crippen molar-refractivity contribution in [3.05, 3.63) is 119 Å². The van der Waals surface area contributed by atoms with E-state index in [1.165, 1.54) is 6.07 Å². The smallest absolute Gasteiger partial charge is 0.305 e. The van der Waals surface area contributed by atoms with E-state index < -0.39 is 11.8 Å². The molecule has 0 aliphatic carbocycles. The van der Waals surface area contributed by atoms with Crippen LogP contribution >= 0.6 is 0 Å². The number of hydrogen-bond acceptors (Lipinski definition) is 5. The molecule has 8 nitrogen and oxygen atoms in total. The average Bonchev–Trinajstić information content (AvgIpc) is 3.37. The Kier molecular flexibility index (Phi) is 7.22. The minimum absolute atomic E-state index is 0.0247. The van der Waals surface area contributed by atoms with E-state index in [-0.39, 0.29) is 23.8 Å². The number of nitrogens with one attached hydrogen (secondary N) is 3. The lowest BCUT2D eigenvalue weighted by Crippen LogP contribution is -2.41. The Balaban J connectivity index is 1.33. The Morgan fingerprint density at radius 1 is 0.743 bits per heavy atom. The van der Waals surface area contributed by atoms with Crippen LogP contribution in [-0.2, 0) is 6.61 Å². The van der Waals surface area contributed by atoms with Gasteiger partial charge in [0.1, 0.15) is 18.1 Å². The second-order valence-electron chi connectivity index (χ2n) is 7.63. The number of ether oxygens (including phenoxy) is 1. The summed E-state index contributed by atoms with van der Waals surface area (Å²) in [6.45, 7) is 1.98. The number of rotatable bonds is 7. The number of carbonyl (C=O) groups excluding carboxylic acids is 3. The third kappa shape index (κ3) is 6.14. The molecule has 35 heavy (non-hydrogen) atoms. The Morgan fingerprint density at radius 2 is 1.43 bits per heavy atom. The van der Waals surface area contributed by atoms with Crippen LogP contribution in [-0.4, -0.2) is 17.7 Å². The molecule has 1 aromatic heterocycles. The number of hydrazine groups is 1. The summed E-state index contributed by atoms with van der Waals surface area (Å²) in [6, 6.07) is 26.0. The summed E-state index contributed by atoms with van der Waals surface area (Å²) < 4.78 is 11.1. The summed E-state index contributed by atoms with van der Waals surface area (Å²) in [5.41, 5.74) is 6.72. The second-order valence-corrected chi connectivity index (χ2v) is 7.63. The van der Waals surface area contributed by atoms with Gasteiger partial charge in [0.25, 0.3) is 11.8 Å². The van der Waals surface area contributed by atoms with E-state index in [4.69, 9.17) is 9.15 Å². The molecule has 3 aromatic carbocycles. The molecule has 0 atom stereocenters. The monoisotopic (exact) mass is 469 g/mol. The van der Waals surface area contributed by atoms with Gasteiger partial charge in [-0.3, -0.25) is 25.2 Å². The molecule has 4 rings (SSSR count). The molecule has 0 aliphatic heterocycles. The fourth-order valence-corrected chi connectivity index (χ4v) is 3.18. The number of benzene rings is 3. The van der Waals surface area contributed by atoms with Crippen LogP contribution in [0.5, 0.6) is 5.75 Å². The van der Waals surface area contributed by atoms with E-state index in [2.05, 4.69) is 16.2 Å². The van der Waals surface area contributed by atoms with Crippen molar-refractivity contribution >= 4 is 23.4 Å². The van der Waals surface area contributed by atoms with Crippen molar-refractivity contribution in [2.75, 3.05) is 5.32 Å². The van der Waals surface area contributed by atoms with Crippen LogP contribution in [0.2, 0.25) is 0 Å². The predicted molar refractivity (Wildman–Crippen MR) is 130 cm³/mol. The topological polar surface area (TPSA) is 110 Å². The van der Waals surface area contributed by atoms with Crippen LogP contribution < -0.4 is 20.9 Å². The lowest BCUT2D eigenvalue weighted by molar-refractivity contribution is 0.0828. The number of hydrogen-bond donors (Lipinski definition) is 3. The molecule has 0 unspecified atom stereocenters. The Morgan fingerprint density at radius 3 is 2.17 bits per heavy atom. The molecular weight excluding hydrogens is 446 g/mol. The molecule has 0 radical (unpaired) electrons. The summed E-state index contributed by atoms with van der Waals surface area (Å²) in [4.78, 5) is 37.4. The standard InChI is InChI=1S/C27H23N3O5/c1-18-12-13-20(16-23(18)28-25(31)19-8-4-2-5-9-19)26(32)29-30-27(33)24-15-14-22(35-24)17-34-21-10-6-3-7-11-21/h2-16H,17H2,1H3,(H,28,31)(H,29,32)(H,30,33). The van der Waals surface area contributed by atoms with Crippen LogP contribution in [0, 0.1) is 6.92 Å². The molecule has 0 saturated carbocycles. The molecule has 1 heterocycles. The van der Waals surface area contributed by atoms with Gasteiger partial charge in [-0.05, 0) is 61.0 Å². The molecule has 4 aromatic rings. The molecule has 3 N–H and O–H groups in total. The summed E-state index contributed by atoms with van der Waals surface area (Å²) in [5, 5.41) is 2.81. The SMILES string of the molecule is Cc1ccc(C(=O)NNC(=O)c2ccc(COc3ccccc3)o2)cc1NC(=O)c1ccccc1. The van der Waals surface area contributed by atoms with Gasteiger partial charge in [-0.2, -0.15) is 0 Å². The van der Waals surface area contributed by atoms with Gasteiger partial charge in [0.2, 0.25) is 0 Å². The van der Waals surface area contributed by atoms with Gasteiger partial charge in [0.15, 0.2) is 5.76 Å². The van der Waals surface area contributed by atoms with Crippen molar-refractivity contribution in [3.8, 4) is 5.75 Å². The van der Waals surface area contributed by atoms with E-state index >= 15 is 0 Å². The zero-order chi connectivity index (χ0) is 24.6. The molecule has 3 amide bonds. The third-order valence-corrected chi connectivity index (χ3v) is 5.08. The van der Waals surface area contributed by atoms with Crippen molar-refractivity contribution in [2.24, 2.45) is 0 Å². The predicted octanol–water partition coefficient (Wildman–Crippen LogP) is 4.49. The summed E-state index contributed by atoms with van der Waals surface area (Å²) in [6.07, 6.45) is 0. The third-order valence-electron chi connectivity index (χ3n) is 5.08. The van der Waals surface area contributed by atoms with Crippen molar-refractivity contribution in [2.45, 2.75) is 13.5 Å². The molecule has 0 bridgehead atoms. The quantitative estimate of drug-likeness (QED) is 0.346. The van der Waals surface area contributed by atoms with E-state index in [1.807, 2.05) is 43.3 Å². The molecular formula is C27H23N3O5. The van der Waals surface area contributed by atoms with Crippen molar-refractivity contribution in [3.63, 3.8) is 0 Å². The maximum atomic E-state index is 12.6. The highest BCUT2D eigenvalue weighted by Gasteiger charge is 2.15. The summed E-state index contributed by atoms with van der Waals surface area (Å²) in [5.74, 6) is -0.287. The lowest BCUT2D eigenvalue weighted by atomic mass is 10.1. The second kappa shape index (κ2) is 10.8.